The Balaban J connectivity index is 1.37. The van der Waals surface area contributed by atoms with Crippen molar-refractivity contribution in [3.05, 3.63) is 83.0 Å². The van der Waals surface area contributed by atoms with Gasteiger partial charge in [0.25, 0.3) is 5.91 Å². The molecule has 0 N–H and O–H groups in total. The van der Waals surface area contributed by atoms with E-state index in [2.05, 4.69) is 41.0 Å². The van der Waals surface area contributed by atoms with E-state index in [4.69, 9.17) is 5.10 Å². The minimum atomic E-state index is -4.65. The van der Waals surface area contributed by atoms with E-state index >= 15 is 0 Å². The number of carbonyl (C=O) groups excluding carboxylic acids is 2. The summed E-state index contributed by atoms with van der Waals surface area (Å²) in [6, 6.07) is 9.67. The Bertz CT molecular complexity index is 1410. The first-order chi connectivity index (χ1) is 18.2. The average Bonchev–Trinajstić information content (AvgIpc) is 3.73. The maximum Gasteiger partial charge on any atom is 0.435 e. The third-order valence-corrected chi connectivity index (χ3v) is 7.52. The van der Waals surface area contributed by atoms with Crippen molar-refractivity contribution >= 4 is 11.8 Å². The first-order valence-electron chi connectivity index (χ1n) is 12.6. The minimum Gasteiger partial charge on any atom is -0.336 e. The zero-order chi connectivity index (χ0) is 26.6. The molecule has 11 heteroatoms. The van der Waals surface area contributed by atoms with Crippen LogP contribution in [0.2, 0.25) is 0 Å². The molecule has 8 nitrogen and oxygen atoms in total. The summed E-state index contributed by atoms with van der Waals surface area (Å²) in [5.74, 6) is -0.155. The number of carbonyl (C=O) groups is 2. The molecule has 2 amide bonds. The lowest BCUT2D eigenvalue weighted by atomic mass is 9.95. The van der Waals surface area contributed by atoms with Gasteiger partial charge in [-0.1, -0.05) is 18.7 Å². The molecule has 2 aromatic heterocycles. The Morgan fingerprint density at radius 3 is 2.39 bits per heavy atom. The Hall–Kier alpha value is -4.02. The molecule has 0 unspecified atom stereocenters. The highest BCUT2D eigenvalue weighted by molar-refractivity contribution is 5.93. The van der Waals surface area contributed by atoms with Crippen molar-refractivity contribution in [2.45, 2.75) is 43.8 Å². The maximum atomic E-state index is 13.5. The molecule has 0 radical (unpaired) electrons. The van der Waals surface area contributed by atoms with Gasteiger partial charge in [0.2, 0.25) is 5.91 Å². The van der Waals surface area contributed by atoms with Crippen LogP contribution >= 0.6 is 0 Å². The summed E-state index contributed by atoms with van der Waals surface area (Å²) in [7, 11) is 0. The third-order valence-electron chi connectivity index (χ3n) is 7.52. The summed E-state index contributed by atoms with van der Waals surface area (Å²) in [6.45, 7) is 4.51. The summed E-state index contributed by atoms with van der Waals surface area (Å²) in [5.41, 5.74) is 3.56. The quantitative estimate of drug-likeness (QED) is 0.486. The third kappa shape index (κ3) is 4.25. The van der Waals surface area contributed by atoms with E-state index in [1.807, 2.05) is 4.68 Å². The van der Waals surface area contributed by atoms with Crippen molar-refractivity contribution in [2.24, 2.45) is 0 Å². The van der Waals surface area contributed by atoms with Gasteiger partial charge in [0, 0.05) is 38.0 Å². The van der Waals surface area contributed by atoms with Crippen LogP contribution in [0, 0.1) is 0 Å². The highest BCUT2D eigenvalue weighted by Crippen LogP contribution is 2.41. The van der Waals surface area contributed by atoms with E-state index in [1.165, 1.54) is 24.5 Å². The number of nitrogens with zero attached hydrogens (tertiary/aromatic N) is 6. The number of halogens is 3. The smallest absolute Gasteiger partial charge is 0.336 e. The van der Waals surface area contributed by atoms with Crippen LogP contribution in [0.4, 0.5) is 13.2 Å². The van der Waals surface area contributed by atoms with Crippen LogP contribution in [0.25, 0.3) is 5.69 Å². The first-order valence-corrected chi connectivity index (χ1v) is 12.6. The molecule has 196 valence electrons. The molecule has 1 atom stereocenters. The fourth-order valence-corrected chi connectivity index (χ4v) is 5.43. The fraction of sp³-hybridized carbons (Fsp3) is 0.370. The molecule has 2 aliphatic heterocycles. The van der Waals surface area contributed by atoms with E-state index in [0.29, 0.717) is 31.8 Å². The molecule has 38 heavy (non-hydrogen) atoms. The molecule has 1 fully saturated rings. The zero-order valence-electron chi connectivity index (χ0n) is 20.5. The SMILES string of the molecule is C=CC(=O)N1CCc2nn(-c3ccc(C4CC4)cc3)c3c2[C@H](C1)N(C(=O)c1ccc(C(F)(F)F)nn1)CC3. The van der Waals surface area contributed by atoms with E-state index in [1.54, 1.807) is 9.80 Å². The van der Waals surface area contributed by atoms with Crippen molar-refractivity contribution in [1.29, 1.82) is 0 Å². The summed E-state index contributed by atoms with van der Waals surface area (Å²) >= 11 is 0. The van der Waals surface area contributed by atoms with Crippen LogP contribution < -0.4 is 0 Å². The number of hydrogen-bond donors (Lipinski definition) is 0. The van der Waals surface area contributed by atoms with Crippen molar-refractivity contribution in [3.8, 4) is 5.69 Å². The maximum absolute atomic E-state index is 13.5. The van der Waals surface area contributed by atoms with E-state index in [9.17, 15) is 22.8 Å². The topological polar surface area (TPSA) is 84.2 Å². The Kier molecular flexibility index (Phi) is 5.81. The number of hydrogen-bond acceptors (Lipinski definition) is 5. The van der Waals surface area contributed by atoms with Crippen LogP contribution in [-0.2, 0) is 23.8 Å². The van der Waals surface area contributed by atoms with E-state index in [-0.39, 0.29) is 18.1 Å². The molecule has 3 aromatic rings. The van der Waals surface area contributed by atoms with Gasteiger partial charge < -0.3 is 9.80 Å². The van der Waals surface area contributed by atoms with Gasteiger partial charge >= 0.3 is 6.18 Å². The Labute approximate surface area is 216 Å². The lowest BCUT2D eigenvalue weighted by Gasteiger charge is -2.37. The van der Waals surface area contributed by atoms with Gasteiger partial charge in [0.1, 0.15) is 0 Å². The predicted molar refractivity (Wildman–Crippen MR) is 131 cm³/mol. The van der Waals surface area contributed by atoms with Crippen molar-refractivity contribution in [2.75, 3.05) is 19.6 Å². The molecule has 0 bridgehead atoms. The second-order valence-corrected chi connectivity index (χ2v) is 9.89. The van der Waals surface area contributed by atoms with E-state index < -0.39 is 23.8 Å². The Morgan fingerprint density at radius 1 is 1.00 bits per heavy atom. The summed E-state index contributed by atoms with van der Waals surface area (Å²) in [4.78, 5) is 29.3. The first kappa shape index (κ1) is 24.3. The zero-order valence-corrected chi connectivity index (χ0v) is 20.5. The molecule has 1 saturated carbocycles. The largest absolute Gasteiger partial charge is 0.435 e. The molecule has 4 heterocycles. The molecule has 0 saturated heterocycles. The summed E-state index contributed by atoms with van der Waals surface area (Å²) < 4.78 is 40.8. The van der Waals surface area contributed by atoms with Gasteiger partial charge in [-0.05, 0) is 54.7 Å². The van der Waals surface area contributed by atoms with Gasteiger partial charge in [-0.15, -0.1) is 10.2 Å². The van der Waals surface area contributed by atoms with Crippen molar-refractivity contribution in [3.63, 3.8) is 0 Å². The standard InChI is InChI=1S/C27H25F3N6O2/c1-2-24(37)34-13-11-19-25-21(36(33-19)18-7-5-17(6-8-18)16-3-4-16)12-14-35(22(25)15-34)26(38)20-9-10-23(32-31-20)27(28,29)30/h2,5-10,16,22H,1,3-4,11-15H2/t22-/m0/s1. The number of benzene rings is 1. The highest BCUT2D eigenvalue weighted by Gasteiger charge is 2.41. The lowest BCUT2D eigenvalue weighted by Crippen LogP contribution is -2.46. The van der Waals surface area contributed by atoms with Crippen LogP contribution in [0.5, 0.6) is 0 Å². The number of alkyl halides is 3. The van der Waals surface area contributed by atoms with Crippen LogP contribution in [0.3, 0.4) is 0 Å². The highest BCUT2D eigenvalue weighted by atomic mass is 19.4. The van der Waals surface area contributed by atoms with Gasteiger partial charge in [-0.3, -0.25) is 9.59 Å². The van der Waals surface area contributed by atoms with Crippen LogP contribution in [0.15, 0.2) is 49.1 Å². The van der Waals surface area contributed by atoms with Crippen molar-refractivity contribution < 1.29 is 22.8 Å². The molecule has 6 rings (SSSR count). The monoisotopic (exact) mass is 522 g/mol. The number of rotatable bonds is 4. The number of aromatic nitrogens is 4. The molecule has 1 aromatic carbocycles. The van der Waals surface area contributed by atoms with Gasteiger partial charge in [0.05, 0.1) is 23.1 Å². The van der Waals surface area contributed by atoms with Gasteiger partial charge in [-0.25, -0.2) is 4.68 Å². The van der Waals surface area contributed by atoms with E-state index in [0.717, 1.165) is 34.8 Å². The number of amides is 2. The molecule has 3 aliphatic rings. The normalized spacial score (nSPS) is 19.1. The molecule has 0 spiro atoms. The van der Waals surface area contributed by atoms with Gasteiger partial charge in [-0.2, -0.15) is 18.3 Å². The molecule has 1 aliphatic carbocycles. The Morgan fingerprint density at radius 2 is 1.76 bits per heavy atom. The second-order valence-electron chi connectivity index (χ2n) is 9.89. The van der Waals surface area contributed by atoms with Crippen LogP contribution in [0.1, 0.15) is 63.5 Å². The van der Waals surface area contributed by atoms with Crippen molar-refractivity contribution in [1.82, 2.24) is 29.8 Å². The molecular weight excluding hydrogens is 497 g/mol. The second kappa shape index (κ2) is 9.07. The predicted octanol–water partition coefficient (Wildman–Crippen LogP) is 3.87. The lowest BCUT2D eigenvalue weighted by molar-refractivity contribution is -0.141. The molecular formula is C27H25F3N6O2. The summed E-state index contributed by atoms with van der Waals surface area (Å²) in [6.07, 6.45) is 0.0288. The minimum absolute atomic E-state index is 0.183. The van der Waals surface area contributed by atoms with Crippen LogP contribution in [-0.4, -0.2) is 61.2 Å². The average molecular weight is 523 g/mol. The summed E-state index contributed by atoms with van der Waals surface area (Å²) in [5, 5.41) is 11.7. The fourth-order valence-electron chi connectivity index (χ4n) is 5.43. The van der Waals surface area contributed by atoms with Gasteiger partial charge in [0.15, 0.2) is 11.4 Å².